The SMILES string of the molecule is Cc1c(C)n(CCO)c2c(C)cc(C(=O)O)cc12. The van der Waals surface area contributed by atoms with Gasteiger partial charge in [0.15, 0.2) is 0 Å². The number of rotatable bonds is 3. The first-order chi connectivity index (χ1) is 8.47. The van der Waals surface area contributed by atoms with Crippen LogP contribution in [-0.4, -0.2) is 27.4 Å². The zero-order valence-electron chi connectivity index (χ0n) is 10.8. The highest BCUT2D eigenvalue weighted by Gasteiger charge is 2.15. The third-order valence-corrected chi connectivity index (χ3v) is 3.49. The second-order valence-electron chi connectivity index (χ2n) is 4.58. The largest absolute Gasteiger partial charge is 0.478 e. The number of fused-ring (bicyclic) bond motifs is 1. The van der Waals surface area contributed by atoms with Crippen molar-refractivity contribution in [2.75, 3.05) is 6.61 Å². The van der Waals surface area contributed by atoms with Gasteiger partial charge in [-0.25, -0.2) is 4.79 Å². The molecule has 1 aromatic heterocycles. The van der Waals surface area contributed by atoms with E-state index in [-0.39, 0.29) is 6.61 Å². The summed E-state index contributed by atoms with van der Waals surface area (Å²) in [6.45, 7) is 6.48. The van der Waals surface area contributed by atoms with Gasteiger partial charge in [-0.3, -0.25) is 0 Å². The number of nitrogens with zero attached hydrogens (tertiary/aromatic N) is 1. The highest BCUT2D eigenvalue weighted by molar-refractivity contribution is 5.97. The molecule has 2 N–H and O–H groups in total. The fourth-order valence-corrected chi connectivity index (χ4v) is 2.49. The van der Waals surface area contributed by atoms with E-state index in [4.69, 9.17) is 10.2 Å². The van der Waals surface area contributed by atoms with Crippen molar-refractivity contribution in [3.05, 3.63) is 34.5 Å². The molecule has 0 amide bonds. The first-order valence-electron chi connectivity index (χ1n) is 5.91. The van der Waals surface area contributed by atoms with Crippen molar-refractivity contribution in [2.45, 2.75) is 27.3 Å². The van der Waals surface area contributed by atoms with Crippen LogP contribution in [0.25, 0.3) is 10.9 Å². The number of aromatic nitrogens is 1. The van der Waals surface area contributed by atoms with Gasteiger partial charge in [-0.05, 0) is 44.0 Å². The number of aromatic carboxylic acids is 1. The summed E-state index contributed by atoms with van der Waals surface area (Å²) in [5.74, 6) is -0.910. The van der Waals surface area contributed by atoms with Crippen molar-refractivity contribution >= 4 is 16.9 Å². The smallest absolute Gasteiger partial charge is 0.335 e. The Labute approximate surface area is 105 Å². The lowest BCUT2D eigenvalue weighted by Crippen LogP contribution is -2.05. The van der Waals surface area contributed by atoms with E-state index in [1.54, 1.807) is 12.1 Å². The van der Waals surface area contributed by atoms with Crippen LogP contribution >= 0.6 is 0 Å². The third kappa shape index (κ3) is 1.78. The molecule has 0 aliphatic rings. The predicted octanol–water partition coefficient (Wildman–Crippen LogP) is 2.26. The first kappa shape index (κ1) is 12.6. The minimum Gasteiger partial charge on any atom is -0.478 e. The van der Waals surface area contributed by atoms with Gasteiger partial charge in [0, 0.05) is 17.6 Å². The summed E-state index contributed by atoms with van der Waals surface area (Å²) in [5, 5.41) is 19.2. The molecule has 0 unspecified atom stereocenters. The van der Waals surface area contributed by atoms with E-state index in [0.717, 1.165) is 27.7 Å². The quantitative estimate of drug-likeness (QED) is 0.874. The second-order valence-corrected chi connectivity index (χ2v) is 4.58. The van der Waals surface area contributed by atoms with Crippen LogP contribution in [0.3, 0.4) is 0 Å². The van der Waals surface area contributed by atoms with Crippen molar-refractivity contribution in [1.29, 1.82) is 0 Å². The van der Waals surface area contributed by atoms with Crippen LogP contribution < -0.4 is 0 Å². The molecule has 0 saturated carbocycles. The predicted molar refractivity (Wildman–Crippen MR) is 70.2 cm³/mol. The topological polar surface area (TPSA) is 62.5 Å². The Bertz CT molecular complexity index is 626. The maximum absolute atomic E-state index is 11.1. The average molecular weight is 247 g/mol. The minimum atomic E-state index is -0.910. The number of aliphatic hydroxyl groups excluding tert-OH is 1. The Balaban J connectivity index is 2.83. The number of carboxylic acid groups (broad SMARTS) is 1. The molecule has 0 bridgehead atoms. The number of benzene rings is 1. The number of aliphatic hydroxyl groups is 1. The van der Waals surface area contributed by atoms with Crippen molar-refractivity contribution < 1.29 is 15.0 Å². The zero-order valence-corrected chi connectivity index (χ0v) is 10.8. The second kappa shape index (κ2) is 4.46. The molecule has 2 aromatic rings. The highest BCUT2D eigenvalue weighted by atomic mass is 16.4. The molecule has 4 nitrogen and oxygen atoms in total. The Morgan fingerprint density at radius 3 is 2.50 bits per heavy atom. The van der Waals surface area contributed by atoms with E-state index in [2.05, 4.69) is 0 Å². The molecule has 0 fully saturated rings. The molecule has 0 saturated heterocycles. The minimum absolute atomic E-state index is 0.0736. The van der Waals surface area contributed by atoms with Gasteiger partial charge < -0.3 is 14.8 Å². The molecule has 1 heterocycles. The normalized spacial score (nSPS) is 11.1. The molecule has 0 aliphatic carbocycles. The summed E-state index contributed by atoms with van der Waals surface area (Å²) in [6, 6.07) is 3.39. The van der Waals surface area contributed by atoms with Crippen LogP contribution in [0, 0.1) is 20.8 Å². The average Bonchev–Trinajstić information content (AvgIpc) is 2.55. The Kier molecular flexibility index (Phi) is 3.13. The molecule has 0 aliphatic heterocycles. The van der Waals surface area contributed by atoms with Crippen molar-refractivity contribution in [2.24, 2.45) is 0 Å². The maximum atomic E-state index is 11.1. The van der Waals surface area contributed by atoms with Crippen molar-refractivity contribution in [1.82, 2.24) is 4.57 Å². The van der Waals surface area contributed by atoms with Gasteiger partial charge in [-0.15, -0.1) is 0 Å². The van der Waals surface area contributed by atoms with Crippen LogP contribution in [0.4, 0.5) is 0 Å². The van der Waals surface area contributed by atoms with Crippen LogP contribution in [0.15, 0.2) is 12.1 Å². The lowest BCUT2D eigenvalue weighted by atomic mass is 10.0. The number of carbonyl (C=O) groups is 1. The molecule has 4 heteroatoms. The monoisotopic (exact) mass is 247 g/mol. The number of hydrogen-bond acceptors (Lipinski definition) is 2. The molecule has 1 aromatic carbocycles. The van der Waals surface area contributed by atoms with Gasteiger partial charge in [0.1, 0.15) is 0 Å². The van der Waals surface area contributed by atoms with Crippen LogP contribution in [0.1, 0.15) is 27.2 Å². The molecule has 2 rings (SSSR count). The van der Waals surface area contributed by atoms with Gasteiger partial charge in [-0.1, -0.05) is 0 Å². The van der Waals surface area contributed by atoms with E-state index in [0.29, 0.717) is 12.1 Å². The van der Waals surface area contributed by atoms with Crippen LogP contribution in [0.5, 0.6) is 0 Å². The molecule has 0 atom stereocenters. The number of carboxylic acids is 1. The van der Waals surface area contributed by atoms with Crippen molar-refractivity contribution in [3.63, 3.8) is 0 Å². The summed E-state index contributed by atoms with van der Waals surface area (Å²) >= 11 is 0. The van der Waals surface area contributed by atoms with Gasteiger partial charge in [0.2, 0.25) is 0 Å². The van der Waals surface area contributed by atoms with Crippen LogP contribution in [-0.2, 0) is 6.54 Å². The fourth-order valence-electron chi connectivity index (χ4n) is 2.49. The van der Waals surface area contributed by atoms with E-state index in [1.165, 1.54) is 0 Å². The van der Waals surface area contributed by atoms with Crippen molar-refractivity contribution in [3.8, 4) is 0 Å². The van der Waals surface area contributed by atoms with E-state index < -0.39 is 5.97 Å². The maximum Gasteiger partial charge on any atom is 0.335 e. The summed E-state index contributed by atoms with van der Waals surface area (Å²) in [4.78, 5) is 11.1. The standard InChI is InChI=1S/C14H17NO3/c1-8-6-11(14(17)18)7-12-9(2)10(3)15(4-5-16)13(8)12/h6-7,16H,4-5H2,1-3H3,(H,17,18). The van der Waals surface area contributed by atoms with Crippen LogP contribution in [0.2, 0.25) is 0 Å². The molecule has 18 heavy (non-hydrogen) atoms. The lowest BCUT2D eigenvalue weighted by Gasteiger charge is -2.08. The summed E-state index contributed by atoms with van der Waals surface area (Å²) in [6.07, 6.45) is 0. The number of aryl methyl sites for hydroxylation is 2. The molecule has 0 radical (unpaired) electrons. The third-order valence-electron chi connectivity index (χ3n) is 3.49. The fraction of sp³-hybridized carbons (Fsp3) is 0.357. The van der Waals surface area contributed by atoms with Gasteiger partial charge in [-0.2, -0.15) is 0 Å². The summed E-state index contributed by atoms with van der Waals surface area (Å²) < 4.78 is 2.05. The Hall–Kier alpha value is -1.81. The van der Waals surface area contributed by atoms with E-state index in [1.807, 2.05) is 25.3 Å². The zero-order chi connectivity index (χ0) is 13.4. The first-order valence-corrected chi connectivity index (χ1v) is 5.91. The molecule has 96 valence electrons. The Morgan fingerprint density at radius 2 is 1.94 bits per heavy atom. The lowest BCUT2D eigenvalue weighted by molar-refractivity contribution is 0.0697. The van der Waals surface area contributed by atoms with Gasteiger partial charge in [0.25, 0.3) is 0 Å². The molecular formula is C14H17NO3. The van der Waals surface area contributed by atoms with Gasteiger partial charge in [0.05, 0.1) is 17.7 Å². The van der Waals surface area contributed by atoms with E-state index in [9.17, 15) is 4.79 Å². The summed E-state index contributed by atoms with van der Waals surface area (Å²) in [5.41, 5.74) is 4.40. The van der Waals surface area contributed by atoms with E-state index >= 15 is 0 Å². The van der Waals surface area contributed by atoms with Gasteiger partial charge >= 0.3 is 5.97 Å². The number of hydrogen-bond donors (Lipinski definition) is 2. The molecular weight excluding hydrogens is 230 g/mol. The molecule has 0 spiro atoms. The highest BCUT2D eigenvalue weighted by Crippen LogP contribution is 2.29. The summed E-state index contributed by atoms with van der Waals surface area (Å²) in [7, 11) is 0. The Morgan fingerprint density at radius 1 is 1.28 bits per heavy atom.